The number of hydrogen-bond acceptors (Lipinski definition) is 4. The molecule has 2 N–H and O–H groups in total. The van der Waals surface area contributed by atoms with Crippen LogP contribution in [0, 0.1) is 5.92 Å². The lowest BCUT2D eigenvalue weighted by atomic mass is 9.68. The van der Waals surface area contributed by atoms with Gasteiger partial charge in [-0.1, -0.05) is 13.0 Å². The van der Waals surface area contributed by atoms with Crippen LogP contribution in [0.2, 0.25) is 0 Å². The molecule has 1 saturated carbocycles. The van der Waals surface area contributed by atoms with Crippen molar-refractivity contribution in [1.82, 2.24) is 9.88 Å². The molecule has 4 nitrogen and oxygen atoms in total. The third-order valence-electron chi connectivity index (χ3n) is 4.76. The van der Waals surface area contributed by atoms with Gasteiger partial charge in [0.25, 0.3) is 0 Å². The Morgan fingerprint density at radius 1 is 1.26 bits per heavy atom. The first-order valence-corrected chi connectivity index (χ1v) is 7.35. The van der Waals surface area contributed by atoms with E-state index in [-0.39, 0.29) is 0 Å². The molecule has 0 spiro atoms. The van der Waals surface area contributed by atoms with Gasteiger partial charge in [-0.2, -0.15) is 0 Å². The van der Waals surface area contributed by atoms with E-state index in [9.17, 15) is 0 Å². The van der Waals surface area contributed by atoms with E-state index in [1.807, 2.05) is 12.3 Å². The highest BCUT2D eigenvalue weighted by Crippen LogP contribution is 2.42. The van der Waals surface area contributed by atoms with Crippen molar-refractivity contribution in [2.45, 2.75) is 25.3 Å². The molecule has 0 unspecified atom stereocenters. The van der Waals surface area contributed by atoms with E-state index in [2.05, 4.69) is 33.8 Å². The van der Waals surface area contributed by atoms with Gasteiger partial charge in [-0.15, -0.1) is 0 Å². The molecule has 2 heterocycles. The van der Waals surface area contributed by atoms with Crippen LogP contribution in [0.5, 0.6) is 0 Å². The highest BCUT2D eigenvalue weighted by atomic mass is 15.3. The van der Waals surface area contributed by atoms with Gasteiger partial charge in [-0.25, -0.2) is 4.98 Å². The van der Waals surface area contributed by atoms with Crippen LogP contribution in [0.15, 0.2) is 24.4 Å². The Labute approximate surface area is 115 Å². The van der Waals surface area contributed by atoms with Gasteiger partial charge in [-0.05, 0) is 30.9 Å². The van der Waals surface area contributed by atoms with Crippen LogP contribution >= 0.6 is 0 Å². The minimum Gasteiger partial charge on any atom is -0.354 e. The maximum atomic E-state index is 6.04. The number of nitrogens with two attached hydrogens (primary N) is 1. The molecule has 0 radical (unpaired) electrons. The number of aromatic nitrogens is 1. The van der Waals surface area contributed by atoms with Gasteiger partial charge in [0.2, 0.25) is 0 Å². The van der Waals surface area contributed by atoms with Crippen molar-refractivity contribution in [3.05, 3.63) is 24.4 Å². The molecule has 1 saturated heterocycles. The fraction of sp³-hybridized carbons (Fsp3) is 0.667. The fourth-order valence-corrected chi connectivity index (χ4v) is 3.74. The molecule has 1 aromatic heterocycles. The molecular formula is C15H24N4. The van der Waals surface area contributed by atoms with E-state index in [1.165, 1.54) is 12.8 Å². The van der Waals surface area contributed by atoms with Crippen molar-refractivity contribution >= 4 is 5.82 Å². The summed E-state index contributed by atoms with van der Waals surface area (Å²) in [6.07, 6.45) is 4.41. The second-order valence-electron chi connectivity index (χ2n) is 6.10. The second kappa shape index (κ2) is 5.10. The molecule has 104 valence electrons. The van der Waals surface area contributed by atoms with Gasteiger partial charge in [-0.3, -0.25) is 4.90 Å². The summed E-state index contributed by atoms with van der Waals surface area (Å²) in [6.45, 7) is 7.49. The van der Waals surface area contributed by atoms with Crippen molar-refractivity contribution in [2.24, 2.45) is 11.7 Å². The van der Waals surface area contributed by atoms with Crippen molar-refractivity contribution < 1.29 is 0 Å². The SMILES string of the molecule is CC1CC(CN)(N2CCN(c3ccccn3)CC2)C1. The minimum atomic E-state index is 0.301. The molecule has 1 aromatic rings. The summed E-state index contributed by atoms with van der Waals surface area (Å²) < 4.78 is 0. The number of hydrogen-bond donors (Lipinski definition) is 1. The van der Waals surface area contributed by atoms with E-state index >= 15 is 0 Å². The van der Waals surface area contributed by atoms with Gasteiger partial charge in [0.1, 0.15) is 5.82 Å². The van der Waals surface area contributed by atoms with Gasteiger partial charge < -0.3 is 10.6 Å². The number of anilines is 1. The molecule has 0 bridgehead atoms. The smallest absolute Gasteiger partial charge is 0.128 e. The van der Waals surface area contributed by atoms with Crippen molar-refractivity contribution in [3.8, 4) is 0 Å². The normalized spacial score (nSPS) is 32.1. The first-order valence-electron chi connectivity index (χ1n) is 7.35. The van der Waals surface area contributed by atoms with Crippen molar-refractivity contribution in [2.75, 3.05) is 37.6 Å². The summed E-state index contributed by atoms with van der Waals surface area (Å²) in [4.78, 5) is 9.43. The first kappa shape index (κ1) is 12.9. The van der Waals surface area contributed by atoms with E-state index < -0.39 is 0 Å². The number of piperazine rings is 1. The van der Waals surface area contributed by atoms with E-state index in [1.54, 1.807) is 0 Å². The topological polar surface area (TPSA) is 45.4 Å². The zero-order chi connectivity index (χ0) is 13.3. The minimum absolute atomic E-state index is 0.301. The second-order valence-corrected chi connectivity index (χ2v) is 6.10. The third-order valence-corrected chi connectivity index (χ3v) is 4.76. The summed E-state index contributed by atoms with van der Waals surface area (Å²) in [6, 6.07) is 6.13. The number of nitrogens with zero attached hydrogens (tertiary/aromatic N) is 3. The third kappa shape index (κ3) is 2.35. The standard InChI is InChI=1S/C15H24N4/c1-13-10-15(11-13,12-16)19-8-6-18(7-9-19)14-4-2-3-5-17-14/h2-5,13H,6-12,16H2,1H3. The van der Waals surface area contributed by atoms with Crippen LogP contribution in [0.1, 0.15) is 19.8 Å². The number of pyridine rings is 1. The monoisotopic (exact) mass is 260 g/mol. The maximum Gasteiger partial charge on any atom is 0.128 e. The predicted octanol–water partition coefficient (Wildman–Crippen LogP) is 1.33. The summed E-state index contributed by atoms with van der Waals surface area (Å²) in [5.41, 5.74) is 6.34. The van der Waals surface area contributed by atoms with Gasteiger partial charge in [0, 0.05) is 44.5 Å². The maximum absolute atomic E-state index is 6.04. The zero-order valence-corrected chi connectivity index (χ0v) is 11.8. The average Bonchev–Trinajstić information content (AvgIpc) is 2.45. The van der Waals surface area contributed by atoms with E-state index in [0.29, 0.717) is 5.54 Å². The molecule has 2 aliphatic rings. The Balaban J connectivity index is 1.61. The predicted molar refractivity (Wildman–Crippen MR) is 78.2 cm³/mol. The molecule has 0 amide bonds. The quantitative estimate of drug-likeness (QED) is 0.890. The van der Waals surface area contributed by atoms with E-state index in [4.69, 9.17) is 5.73 Å². The lowest BCUT2D eigenvalue weighted by Crippen LogP contribution is -2.65. The van der Waals surface area contributed by atoms with Crippen LogP contribution in [-0.4, -0.2) is 48.1 Å². The summed E-state index contributed by atoms with van der Waals surface area (Å²) in [5, 5.41) is 0. The van der Waals surface area contributed by atoms with Gasteiger partial charge in [0.05, 0.1) is 0 Å². The molecule has 1 aliphatic carbocycles. The Hall–Kier alpha value is -1.13. The largest absolute Gasteiger partial charge is 0.354 e. The van der Waals surface area contributed by atoms with Crippen LogP contribution in [0.4, 0.5) is 5.82 Å². The lowest BCUT2D eigenvalue weighted by molar-refractivity contribution is -0.0159. The first-order chi connectivity index (χ1) is 9.23. The Morgan fingerprint density at radius 3 is 2.53 bits per heavy atom. The van der Waals surface area contributed by atoms with Crippen molar-refractivity contribution in [3.63, 3.8) is 0 Å². The van der Waals surface area contributed by atoms with Gasteiger partial charge in [0.15, 0.2) is 0 Å². The highest BCUT2D eigenvalue weighted by molar-refractivity contribution is 5.38. The molecule has 19 heavy (non-hydrogen) atoms. The number of rotatable bonds is 3. The molecular weight excluding hydrogens is 236 g/mol. The summed E-state index contributed by atoms with van der Waals surface area (Å²) in [5.74, 6) is 1.95. The molecule has 4 heteroatoms. The highest BCUT2D eigenvalue weighted by Gasteiger charge is 2.46. The Bertz CT molecular complexity index is 405. The summed E-state index contributed by atoms with van der Waals surface area (Å²) >= 11 is 0. The van der Waals surface area contributed by atoms with Crippen LogP contribution in [-0.2, 0) is 0 Å². The van der Waals surface area contributed by atoms with Gasteiger partial charge >= 0.3 is 0 Å². The summed E-state index contributed by atoms with van der Waals surface area (Å²) in [7, 11) is 0. The Morgan fingerprint density at radius 2 is 2.00 bits per heavy atom. The van der Waals surface area contributed by atoms with E-state index in [0.717, 1.165) is 44.5 Å². The fourth-order valence-electron chi connectivity index (χ4n) is 3.74. The average molecular weight is 260 g/mol. The molecule has 0 atom stereocenters. The molecule has 0 aromatic carbocycles. The van der Waals surface area contributed by atoms with Crippen molar-refractivity contribution in [1.29, 1.82) is 0 Å². The van der Waals surface area contributed by atoms with Crippen LogP contribution in [0.3, 0.4) is 0 Å². The Kier molecular flexibility index (Phi) is 3.46. The molecule has 1 aliphatic heterocycles. The molecule has 3 rings (SSSR count). The molecule has 2 fully saturated rings. The van der Waals surface area contributed by atoms with Crippen LogP contribution in [0.25, 0.3) is 0 Å². The lowest BCUT2D eigenvalue weighted by Gasteiger charge is -2.55. The van der Waals surface area contributed by atoms with Crippen LogP contribution < -0.4 is 10.6 Å². The zero-order valence-electron chi connectivity index (χ0n) is 11.8.